The molecular formula is C15H25N3O2S. The van der Waals surface area contributed by atoms with Gasteiger partial charge < -0.3 is 15.5 Å². The van der Waals surface area contributed by atoms with Crippen LogP contribution in [0.2, 0.25) is 0 Å². The Morgan fingerprint density at radius 3 is 2.90 bits per heavy atom. The van der Waals surface area contributed by atoms with Crippen LogP contribution >= 0.6 is 11.8 Å². The van der Waals surface area contributed by atoms with Gasteiger partial charge in [-0.2, -0.15) is 11.8 Å². The van der Waals surface area contributed by atoms with Crippen molar-refractivity contribution in [3.8, 4) is 0 Å². The molecule has 1 amide bonds. The third-order valence-electron chi connectivity index (χ3n) is 3.89. The minimum Gasteiger partial charge on any atom is -0.468 e. The van der Waals surface area contributed by atoms with E-state index in [1.165, 1.54) is 12.8 Å². The van der Waals surface area contributed by atoms with Gasteiger partial charge in [0, 0.05) is 6.54 Å². The van der Waals surface area contributed by atoms with Crippen LogP contribution in [-0.4, -0.2) is 48.5 Å². The molecular weight excluding hydrogens is 286 g/mol. The molecule has 6 heteroatoms. The van der Waals surface area contributed by atoms with Gasteiger partial charge in [-0.1, -0.05) is 0 Å². The lowest BCUT2D eigenvalue weighted by Crippen LogP contribution is -2.44. The van der Waals surface area contributed by atoms with Crippen molar-refractivity contribution >= 4 is 17.7 Å². The summed E-state index contributed by atoms with van der Waals surface area (Å²) in [5.74, 6) is 1.75. The molecule has 2 atom stereocenters. The second kappa shape index (κ2) is 8.46. The van der Waals surface area contributed by atoms with Crippen LogP contribution in [0.3, 0.4) is 0 Å². The maximum absolute atomic E-state index is 12.0. The summed E-state index contributed by atoms with van der Waals surface area (Å²) < 4.78 is 5.54. The van der Waals surface area contributed by atoms with Crippen molar-refractivity contribution in [2.24, 2.45) is 5.73 Å². The molecule has 0 saturated carbocycles. The smallest absolute Gasteiger partial charge is 0.237 e. The molecule has 0 aromatic carbocycles. The van der Waals surface area contributed by atoms with Crippen LogP contribution < -0.4 is 11.1 Å². The van der Waals surface area contributed by atoms with Crippen molar-refractivity contribution in [2.45, 2.75) is 31.3 Å². The molecule has 1 aliphatic heterocycles. The van der Waals surface area contributed by atoms with Crippen molar-refractivity contribution in [1.29, 1.82) is 0 Å². The van der Waals surface area contributed by atoms with Gasteiger partial charge in [0.15, 0.2) is 0 Å². The van der Waals surface area contributed by atoms with Crippen LogP contribution in [0.15, 0.2) is 22.8 Å². The van der Waals surface area contributed by atoms with E-state index >= 15 is 0 Å². The first-order chi connectivity index (χ1) is 10.2. The van der Waals surface area contributed by atoms with Gasteiger partial charge in [-0.3, -0.25) is 9.69 Å². The predicted molar refractivity (Wildman–Crippen MR) is 86.2 cm³/mol. The number of furan rings is 1. The number of hydrogen-bond acceptors (Lipinski definition) is 5. The molecule has 0 bridgehead atoms. The Kier molecular flexibility index (Phi) is 6.60. The molecule has 0 spiro atoms. The number of thioether (sulfide) groups is 1. The molecule has 118 valence electrons. The summed E-state index contributed by atoms with van der Waals surface area (Å²) in [6.07, 6.45) is 6.83. The first kappa shape index (κ1) is 16.4. The summed E-state index contributed by atoms with van der Waals surface area (Å²) >= 11 is 1.71. The number of likely N-dealkylation sites (tertiary alicyclic amines) is 1. The lowest BCUT2D eigenvalue weighted by atomic mass is 10.1. The number of rotatable bonds is 8. The van der Waals surface area contributed by atoms with E-state index in [2.05, 4.69) is 10.2 Å². The Balaban J connectivity index is 1.88. The van der Waals surface area contributed by atoms with Gasteiger partial charge in [0.1, 0.15) is 5.76 Å². The number of nitrogens with two attached hydrogens (primary N) is 1. The summed E-state index contributed by atoms with van der Waals surface area (Å²) in [4.78, 5) is 14.4. The lowest BCUT2D eigenvalue weighted by molar-refractivity contribution is -0.122. The fourth-order valence-electron chi connectivity index (χ4n) is 2.65. The van der Waals surface area contributed by atoms with Crippen molar-refractivity contribution in [1.82, 2.24) is 10.2 Å². The molecule has 21 heavy (non-hydrogen) atoms. The molecule has 1 aliphatic rings. The standard InChI is InChI=1S/C15H25N3O2S/c1-21-10-6-12(16)15(19)17-11-13(14-5-4-9-20-14)18-7-2-3-8-18/h4-5,9,12-13H,2-3,6-8,10-11,16H2,1H3,(H,17,19)/t12-,13?/m1/s1. The quantitative estimate of drug-likeness (QED) is 0.763. The van der Waals surface area contributed by atoms with Crippen LogP contribution in [-0.2, 0) is 4.79 Å². The van der Waals surface area contributed by atoms with Gasteiger partial charge in [0.25, 0.3) is 0 Å². The highest BCUT2D eigenvalue weighted by molar-refractivity contribution is 7.98. The van der Waals surface area contributed by atoms with Crippen LogP contribution in [0.4, 0.5) is 0 Å². The summed E-state index contributed by atoms with van der Waals surface area (Å²) in [6, 6.07) is 3.56. The van der Waals surface area contributed by atoms with Crippen molar-refractivity contribution in [2.75, 3.05) is 31.6 Å². The van der Waals surface area contributed by atoms with E-state index < -0.39 is 6.04 Å². The zero-order valence-corrected chi connectivity index (χ0v) is 13.4. The van der Waals surface area contributed by atoms with Crippen LogP contribution in [0, 0.1) is 0 Å². The molecule has 1 aromatic heterocycles. The summed E-state index contributed by atoms with van der Waals surface area (Å²) in [5, 5.41) is 2.98. The fraction of sp³-hybridized carbons (Fsp3) is 0.667. The Morgan fingerprint density at radius 2 is 2.29 bits per heavy atom. The van der Waals surface area contributed by atoms with E-state index in [0.29, 0.717) is 13.0 Å². The predicted octanol–water partition coefficient (Wildman–Crippen LogP) is 1.61. The molecule has 1 saturated heterocycles. The number of carbonyl (C=O) groups excluding carboxylic acids is 1. The number of nitrogens with zero attached hydrogens (tertiary/aromatic N) is 1. The highest BCUT2D eigenvalue weighted by Gasteiger charge is 2.26. The molecule has 1 fully saturated rings. The molecule has 1 aromatic rings. The van der Waals surface area contributed by atoms with Gasteiger partial charge in [0.05, 0.1) is 18.3 Å². The Bertz CT molecular complexity index is 419. The summed E-state index contributed by atoms with van der Waals surface area (Å²) in [5.41, 5.74) is 5.90. The molecule has 2 heterocycles. The second-order valence-electron chi connectivity index (χ2n) is 5.41. The minimum absolute atomic E-state index is 0.0696. The number of amides is 1. The zero-order valence-electron chi connectivity index (χ0n) is 12.6. The first-order valence-corrected chi connectivity index (χ1v) is 8.91. The molecule has 0 aliphatic carbocycles. The molecule has 2 rings (SSSR count). The zero-order chi connectivity index (χ0) is 15.1. The van der Waals surface area contributed by atoms with Gasteiger partial charge >= 0.3 is 0 Å². The van der Waals surface area contributed by atoms with E-state index in [-0.39, 0.29) is 11.9 Å². The average Bonchev–Trinajstić information content (AvgIpc) is 3.18. The topological polar surface area (TPSA) is 71.5 Å². The third kappa shape index (κ3) is 4.76. The Morgan fingerprint density at radius 1 is 1.52 bits per heavy atom. The monoisotopic (exact) mass is 311 g/mol. The maximum atomic E-state index is 12.0. The van der Waals surface area contributed by atoms with Crippen molar-refractivity contribution < 1.29 is 9.21 Å². The summed E-state index contributed by atoms with van der Waals surface area (Å²) in [6.45, 7) is 2.67. The fourth-order valence-corrected chi connectivity index (χ4v) is 3.14. The van der Waals surface area contributed by atoms with Crippen LogP contribution in [0.5, 0.6) is 0 Å². The van der Waals surface area contributed by atoms with Gasteiger partial charge in [-0.25, -0.2) is 0 Å². The molecule has 1 unspecified atom stereocenters. The highest BCUT2D eigenvalue weighted by atomic mass is 32.2. The first-order valence-electron chi connectivity index (χ1n) is 7.52. The lowest BCUT2D eigenvalue weighted by Gasteiger charge is -2.26. The van der Waals surface area contributed by atoms with Crippen molar-refractivity contribution in [3.63, 3.8) is 0 Å². The van der Waals surface area contributed by atoms with Gasteiger partial charge in [0.2, 0.25) is 5.91 Å². The number of carbonyl (C=O) groups is 1. The highest BCUT2D eigenvalue weighted by Crippen LogP contribution is 2.24. The van der Waals surface area contributed by atoms with Crippen LogP contribution in [0.1, 0.15) is 31.1 Å². The van der Waals surface area contributed by atoms with Gasteiger partial charge in [-0.15, -0.1) is 0 Å². The second-order valence-corrected chi connectivity index (χ2v) is 6.39. The van der Waals surface area contributed by atoms with Crippen molar-refractivity contribution in [3.05, 3.63) is 24.2 Å². The van der Waals surface area contributed by atoms with E-state index in [1.807, 2.05) is 18.4 Å². The SMILES string of the molecule is CSCC[C@@H](N)C(=O)NCC(c1ccco1)N1CCCC1. The normalized spacial score (nSPS) is 18.6. The van der Waals surface area contributed by atoms with Crippen LogP contribution in [0.25, 0.3) is 0 Å². The third-order valence-corrected chi connectivity index (χ3v) is 4.54. The largest absolute Gasteiger partial charge is 0.468 e. The average molecular weight is 311 g/mol. The van der Waals surface area contributed by atoms with E-state index in [4.69, 9.17) is 10.2 Å². The Hall–Kier alpha value is -0.980. The minimum atomic E-state index is -0.423. The molecule has 0 radical (unpaired) electrons. The molecule has 3 N–H and O–H groups in total. The summed E-state index contributed by atoms with van der Waals surface area (Å²) in [7, 11) is 0. The Labute approximate surface area is 130 Å². The van der Waals surface area contributed by atoms with E-state index in [1.54, 1.807) is 18.0 Å². The van der Waals surface area contributed by atoms with Gasteiger partial charge in [-0.05, 0) is 56.5 Å². The number of hydrogen-bond donors (Lipinski definition) is 2. The van der Waals surface area contributed by atoms with E-state index in [9.17, 15) is 4.79 Å². The number of nitrogens with one attached hydrogen (secondary N) is 1. The maximum Gasteiger partial charge on any atom is 0.237 e. The van der Waals surface area contributed by atoms with E-state index in [0.717, 1.165) is 24.6 Å². The molecule has 5 nitrogen and oxygen atoms in total.